The molecule has 170 valence electrons. The van der Waals surface area contributed by atoms with E-state index in [0.717, 1.165) is 43.9 Å². The number of hydrogen-bond donors (Lipinski definition) is 2. The van der Waals surface area contributed by atoms with Crippen LogP contribution in [0.1, 0.15) is 24.1 Å². The lowest BCUT2D eigenvalue weighted by Gasteiger charge is -2.38. The lowest BCUT2D eigenvalue weighted by molar-refractivity contribution is -0.136. The Kier molecular flexibility index (Phi) is 6.92. The number of benzene rings is 2. The first-order chi connectivity index (χ1) is 15.5. The first-order valence-corrected chi connectivity index (χ1v) is 11.0. The molecule has 2 heterocycles. The van der Waals surface area contributed by atoms with Crippen LogP contribution in [-0.4, -0.2) is 68.2 Å². The van der Waals surface area contributed by atoms with E-state index in [1.54, 1.807) is 0 Å². The highest BCUT2D eigenvalue weighted by molar-refractivity contribution is 6.39. The summed E-state index contributed by atoms with van der Waals surface area (Å²) in [6.07, 6.45) is 0.919. The van der Waals surface area contributed by atoms with Crippen molar-refractivity contribution in [2.75, 3.05) is 51.9 Å². The minimum absolute atomic E-state index is 0.0706. The number of piperazine rings is 1. The third-order valence-electron chi connectivity index (χ3n) is 6.04. The van der Waals surface area contributed by atoms with Gasteiger partial charge in [-0.1, -0.05) is 25.1 Å². The van der Waals surface area contributed by atoms with Crippen LogP contribution in [0.25, 0.3) is 0 Å². The first-order valence-electron chi connectivity index (χ1n) is 11.0. The Bertz CT molecular complexity index is 955. The van der Waals surface area contributed by atoms with Gasteiger partial charge >= 0.3 is 11.8 Å². The number of aryl methyl sites for hydroxylation is 1. The standard InChI is InChI=1S/C24H30N4O4/c1-3-17-4-7-19(8-5-17)26-24(30)23(29)25-15-20(28-12-10-27(2)11-13-28)18-6-9-21-22(14-18)32-16-31-21/h4-9,14,20H,3,10-13,15-16H2,1-2H3,(H,25,29)(H,26,30)/t20-/m1/s1. The topological polar surface area (TPSA) is 83.1 Å². The van der Waals surface area contributed by atoms with E-state index in [2.05, 4.69) is 34.4 Å². The molecule has 2 aliphatic rings. The summed E-state index contributed by atoms with van der Waals surface area (Å²) < 4.78 is 11.0. The summed E-state index contributed by atoms with van der Waals surface area (Å²) >= 11 is 0. The number of carbonyl (C=O) groups is 2. The number of rotatable bonds is 6. The van der Waals surface area contributed by atoms with Crippen LogP contribution in [-0.2, 0) is 16.0 Å². The molecule has 8 heteroatoms. The predicted molar refractivity (Wildman–Crippen MR) is 122 cm³/mol. The molecule has 1 saturated heterocycles. The highest BCUT2D eigenvalue weighted by atomic mass is 16.7. The van der Waals surface area contributed by atoms with Gasteiger partial charge in [0.15, 0.2) is 11.5 Å². The first kappa shape index (κ1) is 22.1. The van der Waals surface area contributed by atoms with Gasteiger partial charge in [0.25, 0.3) is 0 Å². The molecular formula is C24H30N4O4. The van der Waals surface area contributed by atoms with Gasteiger partial charge in [0, 0.05) is 38.4 Å². The second-order valence-electron chi connectivity index (χ2n) is 8.18. The number of ether oxygens (including phenoxy) is 2. The van der Waals surface area contributed by atoms with Crippen LogP contribution in [0.5, 0.6) is 11.5 Å². The molecule has 2 aromatic carbocycles. The Morgan fingerprint density at radius 3 is 2.41 bits per heavy atom. The van der Waals surface area contributed by atoms with Gasteiger partial charge in [0.2, 0.25) is 6.79 Å². The molecule has 4 rings (SSSR count). The van der Waals surface area contributed by atoms with Crippen molar-refractivity contribution < 1.29 is 19.1 Å². The third kappa shape index (κ3) is 5.20. The Morgan fingerprint density at radius 2 is 1.69 bits per heavy atom. The fraction of sp³-hybridized carbons (Fsp3) is 0.417. The van der Waals surface area contributed by atoms with Crippen LogP contribution in [0.4, 0.5) is 5.69 Å². The van der Waals surface area contributed by atoms with Crippen molar-refractivity contribution in [2.24, 2.45) is 0 Å². The summed E-state index contributed by atoms with van der Waals surface area (Å²) in [5.74, 6) is 0.117. The highest BCUT2D eigenvalue weighted by Crippen LogP contribution is 2.35. The van der Waals surface area contributed by atoms with Crippen molar-refractivity contribution in [1.82, 2.24) is 15.1 Å². The normalized spacial score (nSPS) is 17.1. The molecule has 8 nitrogen and oxygen atoms in total. The zero-order valence-electron chi connectivity index (χ0n) is 18.6. The molecule has 0 aromatic heterocycles. The molecule has 0 saturated carbocycles. The quantitative estimate of drug-likeness (QED) is 0.672. The second kappa shape index (κ2) is 10.0. The van der Waals surface area contributed by atoms with Crippen LogP contribution in [0, 0.1) is 0 Å². The minimum Gasteiger partial charge on any atom is -0.454 e. The molecule has 2 aliphatic heterocycles. The molecule has 0 unspecified atom stereocenters. The minimum atomic E-state index is -0.669. The number of nitrogens with one attached hydrogen (secondary N) is 2. The van der Waals surface area contributed by atoms with E-state index in [1.807, 2.05) is 42.5 Å². The number of amides is 2. The van der Waals surface area contributed by atoms with Gasteiger partial charge in [-0.15, -0.1) is 0 Å². The molecule has 0 spiro atoms. The van der Waals surface area contributed by atoms with Gasteiger partial charge in [-0.3, -0.25) is 14.5 Å². The molecule has 32 heavy (non-hydrogen) atoms. The maximum Gasteiger partial charge on any atom is 0.313 e. The van der Waals surface area contributed by atoms with Gasteiger partial charge in [-0.25, -0.2) is 0 Å². The van der Waals surface area contributed by atoms with E-state index in [-0.39, 0.29) is 12.8 Å². The monoisotopic (exact) mass is 438 g/mol. The molecule has 2 N–H and O–H groups in total. The van der Waals surface area contributed by atoms with E-state index in [4.69, 9.17) is 9.47 Å². The molecule has 1 atom stereocenters. The molecule has 0 radical (unpaired) electrons. The summed E-state index contributed by atoms with van der Waals surface area (Å²) in [4.78, 5) is 29.6. The van der Waals surface area contributed by atoms with Crippen molar-refractivity contribution >= 4 is 17.5 Å². The lowest BCUT2D eigenvalue weighted by Crippen LogP contribution is -2.49. The smallest absolute Gasteiger partial charge is 0.313 e. The number of nitrogens with zero attached hydrogens (tertiary/aromatic N) is 2. The Hall–Kier alpha value is -3.10. The number of anilines is 1. The molecule has 1 fully saturated rings. The van der Waals surface area contributed by atoms with E-state index in [1.165, 1.54) is 5.56 Å². The average Bonchev–Trinajstić information content (AvgIpc) is 3.28. The van der Waals surface area contributed by atoms with Crippen molar-refractivity contribution in [1.29, 1.82) is 0 Å². The molecule has 2 aromatic rings. The van der Waals surface area contributed by atoms with Gasteiger partial charge < -0.3 is 25.0 Å². The van der Waals surface area contributed by atoms with Crippen LogP contribution in [0.3, 0.4) is 0 Å². The highest BCUT2D eigenvalue weighted by Gasteiger charge is 2.27. The Balaban J connectivity index is 1.42. The summed E-state index contributed by atoms with van der Waals surface area (Å²) in [6, 6.07) is 13.3. The number of fused-ring (bicyclic) bond motifs is 1. The maximum atomic E-state index is 12.5. The summed E-state index contributed by atoms with van der Waals surface area (Å²) in [5.41, 5.74) is 2.80. The van der Waals surface area contributed by atoms with Gasteiger partial charge in [-0.05, 0) is 48.9 Å². The Labute approximate surface area is 188 Å². The molecule has 0 aliphatic carbocycles. The Morgan fingerprint density at radius 1 is 0.969 bits per heavy atom. The predicted octanol–water partition coefficient (Wildman–Crippen LogP) is 2.02. The van der Waals surface area contributed by atoms with Crippen molar-refractivity contribution in [3.8, 4) is 11.5 Å². The van der Waals surface area contributed by atoms with E-state index < -0.39 is 11.8 Å². The molecule has 0 bridgehead atoms. The van der Waals surface area contributed by atoms with Crippen LogP contribution >= 0.6 is 0 Å². The average molecular weight is 439 g/mol. The largest absolute Gasteiger partial charge is 0.454 e. The van der Waals surface area contributed by atoms with Crippen LogP contribution in [0.2, 0.25) is 0 Å². The number of carbonyl (C=O) groups excluding carboxylic acids is 2. The summed E-state index contributed by atoms with van der Waals surface area (Å²) in [5, 5.41) is 5.49. The van der Waals surface area contributed by atoms with E-state index >= 15 is 0 Å². The third-order valence-corrected chi connectivity index (χ3v) is 6.04. The van der Waals surface area contributed by atoms with Crippen molar-refractivity contribution in [3.05, 3.63) is 53.6 Å². The molecule has 2 amide bonds. The summed E-state index contributed by atoms with van der Waals surface area (Å²) in [6.45, 7) is 6.26. The van der Waals surface area contributed by atoms with Gasteiger partial charge in [0.05, 0.1) is 6.04 Å². The number of hydrogen-bond acceptors (Lipinski definition) is 6. The zero-order chi connectivity index (χ0) is 22.5. The lowest BCUT2D eigenvalue weighted by atomic mass is 10.0. The van der Waals surface area contributed by atoms with E-state index in [9.17, 15) is 9.59 Å². The molecular weight excluding hydrogens is 408 g/mol. The summed E-state index contributed by atoms with van der Waals surface area (Å²) in [7, 11) is 2.10. The fourth-order valence-electron chi connectivity index (χ4n) is 3.99. The van der Waals surface area contributed by atoms with Crippen LogP contribution in [0.15, 0.2) is 42.5 Å². The van der Waals surface area contributed by atoms with Crippen molar-refractivity contribution in [3.63, 3.8) is 0 Å². The van der Waals surface area contributed by atoms with E-state index in [0.29, 0.717) is 18.0 Å². The number of likely N-dealkylation sites (N-methyl/N-ethyl adjacent to an activating group) is 1. The fourth-order valence-corrected chi connectivity index (χ4v) is 3.99. The van der Waals surface area contributed by atoms with Gasteiger partial charge in [-0.2, -0.15) is 0 Å². The zero-order valence-corrected chi connectivity index (χ0v) is 18.6. The maximum absolute atomic E-state index is 12.5. The van der Waals surface area contributed by atoms with Crippen molar-refractivity contribution in [2.45, 2.75) is 19.4 Å². The van der Waals surface area contributed by atoms with Crippen LogP contribution < -0.4 is 20.1 Å². The second-order valence-corrected chi connectivity index (χ2v) is 8.18. The van der Waals surface area contributed by atoms with Gasteiger partial charge in [0.1, 0.15) is 0 Å². The SMILES string of the molecule is CCc1ccc(NC(=O)C(=O)NC[C@H](c2ccc3c(c2)OCO3)N2CCN(C)CC2)cc1.